The molecule has 1 fully saturated rings. The summed E-state index contributed by atoms with van der Waals surface area (Å²) in [5, 5.41) is 0.772. The third-order valence-electron chi connectivity index (χ3n) is 6.01. The Morgan fingerprint density at radius 2 is 2.14 bits per heavy atom. The first-order chi connectivity index (χ1) is 13.7. The van der Waals surface area contributed by atoms with Crippen molar-refractivity contribution in [3.05, 3.63) is 44.8 Å². The molecule has 146 valence electrons. The Labute approximate surface area is 166 Å². The van der Waals surface area contributed by atoms with Gasteiger partial charge in [-0.1, -0.05) is 0 Å². The lowest BCUT2D eigenvalue weighted by molar-refractivity contribution is -0.132. The molecular weight excluding hydrogens is 374 g/mol. The number of aromatic nitrogens is 4. The highest BCUT2D eigenvalue weighted by Gasteiger charge is 2.25. The van der Waals surface area contributed by atoms with E-state index < -0.39 is 0 Å². The fraction of sp³-hybridized carbons (Fsp3) is 0.500. The molecule has 8 heteroatoms. The van der Waals surface area contributed by atoms with Crippen molar-refractivity contribution < 1.29 is 4.79 Å². The van der Waals surface area contributed by atoms with Gasteiger partial charge in [0.1, 0.15) is 10.7 Å². The van der Waals surface area contributed by atoms with E-state index in [1.165, 1.54) is 10.4 Å². The van der Waals surface area contributed by atoms with Gasteiger partial charge < -0.3 is 14.9 Å². The van der Waals surface area contributed by atoms with E-state index in [1.807, 2.05) is 11.1 Å². The second kappa shape index (κ2) is 7.16. The van der Waals surface area contributed by atoms with Gasteiger partial charge in [-0.25, -0.2) is 9.97 Å². The molecule has 0 spiro atoms. The molecule has 3 aromatic heterocycles. The zero-order valence-electron chi connectivity index (χ0n) is 15.7. The molecule has 1 saturated heterocycles. The van der Waals surface area contributed by atoms with Gasteiger partial charge in [-0.15, -0.1) is 11.3 Å². The van der Waals surface area contributed by atoms with Crippen LogP contribution in [0.3, 0.4) is 0 Å². The van der Waals surface area contributed by atoms with Crippen LogP contribution in [0.15, 0.2) is 17.3 Å². The molecule has 0 radical (unpaired) electrons. The number of hydrogen-bond acceptors (Lipinski definition) is 5. The first-order valence-electron chi connectivity index (χ1n) is 9.98. The fourth-order valence-corrected chi connectivity index (χ4v) is 5.76. The summed E-state index contributed by atoms with van der Waals surface area (Å²) in [5.41, 5.74) is 2.30. The number of aryl methyl sites for hydroxylation is 3. The predicted octanol–water partition coefficient (Wildman–Crippen LogP) is 2.54. The second-order valence-electron chi connectivity index (χ2n) is 7.71. The average Bonchev–Trinajstić information content (AvgIpc) is 3.43. The van der Waals surface area contributed by atoms with Crippen LogP contribution in [0.4, 0.5) is 0 Å². The van der Waals surface area contributed by atoms with Crippen LogP contribution in [0.2, 0.25) is 0 Å². The van der Waals surface area contributed by atoms with E-state index in [4.69, 9.17) is 0 Å². The molecule has 7 nitrogen and oxygen atoms in total. The van der Waals surface area contributed by atoms with Gasteiger partial charge in [0.25, 0.3) is 5.56 Å². The van der Waals surface area contributed by atoms with Crippen LogP contribution in [0.1, 0.15) is 53.6 Å². The summed E-state index contributed by atoms with van der Waals surface area (Å²) in [7, 11) is 0. The molecule has 2 N–H and O–H groups in total. The number of likely N-dealkylation sites (tertiary alicyclic amines) is 1. The van der Waals surface area contributed by atoms with Crippen molar-refractivity contribution in [2.45, 2.75) is 50.9 Å². The van der Waals surface area contributed by atoms with Gasteiger partial charge in [-0.05, 0) is 37.7 Å². The molecule has 0 unspecified atom stereocenters. The molecule has 2 aliphatic rings. The monoisotopic (exact) mass is 397 g/mol. The van der Waals surface area contributed by atoms with Crippen molar-refractivity contribution in [3.8, 4) is 0 Å². The molecule has 1 aliphatic heterocycles. The summed E-state index contributed by atoms with van der Waals surface area (Å²) in [4.78, 5) is 44.0. The number of thiophene rings is 1. The maximum atomic E-state index is 12.6. The number of piperidine rings is 1. The number of rotatable bonds is 4. The van der Waals surface area contributed by atoms with Crippen molar-refractivity contribution in [3.63, 3.8) is 0 Å². The van der Waals surface area contributed by atoms with Crippen LogP contribution in [0.25, 0.3) is 10.2 Å². The molecule has 0 atom stereocenters. The first kappa shape index (κ1) is 17.6. The van der Waals surface area contributed by atoms with Crippen LogP contribution >= 0.6 is 11.3 Å². The number of fused-ring (bicyclic) bond motifs is 3. The SMILES string of the molecule is O=C(CCc1nc2sc3c(c2c(=O)[nH]1)CCC3)N1CCC(c2cnc[nH]2)CC1. The predicted molar refractivity (Wildman–Crippen MR) is 108 cm³/mol. The Bertz CT molecular complexity index is 1060. The van der Waals surface area contributed by atoms with Crippen molar-refractivity contribution in [2.24, 2.45) is 0 Å². The van der Waals surface area contributed by atoms with E-state index in [0.29, 0.717) is 24.6 Å². The largest absolute Gasteiger partial charge is 0.348 e. The number of H-pyrrole nitrogens is 2. The van der Waals surface area contributed by atoms with Crippen LogP contribution < -0.4 is 5.56 Å². The molecule has 4 heterocycles. The van der Waals surface area contributed by atoms with Crippen molar-refractivity contribution in [1.29, 1.82) is 0 Å². The van der Waals surface area contributed by atoms with Crippen LogP contribution in [0.5, 0.6) is 0 Å². The molecule has 0 bridgehead atoms. The summed E-state index contributed by atoms with van der Waals surface area (Å²) < 4.78 is 0. The lowest BCUT2D eigenvalue weighted by Crippen LogP contribution is -2.38. The molecule has 0 saturated carbocycles. The van der Waals surface area contributed by atoms with Crippen LogP contribution in [-0.2, 0) is 24.1 Å². The average molecular weight is 398 g/mol. The van der Waals surface area contributed by atoms with Crippen LogP contribution in [-0.4, -0.2) is 43.8 Å². The van der Waals surface area contributed by atoms with E-state index in [1.54, 1.807) is 17.7 Å². The molecule has 1 aliphatic carbocycles. The van der Waals surface area contributed by atoms with Gasteiger partial charge in [0, 0.05) is 48.6 Å². The minimum absolute atomic E-state index is 0.0489. The summed E-state index contributed by atoms with van der Waals surface area (Å²) in [6.45, 7) is 1.53. The minimum Gasteiger partial charge on any atom is -0.348 e. The third kappa shape index (κ3) is 3.15. The number of nitrogens with one attached hydrogen (secondary N) is 2. The maximum absolute atomic E-state index is 12.6. The quantitative estimate of drug-likeness (QED) is 0.707. The van der Waals surface area contributed by atoms with E-state index >= 15 is 0 Å². The number of aromatic amines is 2. The van der Waals surface area contributed by atoms with Gasteiger partial charge >= 0.3 is 0 Å². The molecule has 5 rings (SSSR count). The Hall–Kier alpha value is -2.48. The number of imidazole rings is 1. The lowest BCUT2D eigenvalue weighted by Gasteiger charge is -2.31. The van der Waals surface area contributed by atoms with E-state index in [2.05, 4.69) is 19.9 Å². The smallest absolute Gasteiger partial charge is 0.259 e. The van der Waals surface area contributed by atoms with Crippen molar-refractivity contribution in [2.75, 3.05) is 13.1 Å². The van der Waals surface area contributed by atoms with Gasteiger partial charge in [0.05, 0.1) is 11.7 Å². The zero-order valence-corrected chi connectivity index (χ0v) is 16.5. The highest BCUT2D eigenvalue weighted by Crippen LogP contribution is 2.34. The van der Waals surface area contributed by atoms with Gasteiger partial charge in [-0.2, -0.15) is 0 Å². The number of nitrogens with zero attached hydrogens (tertiary/aromatic N) is 3. The zero-order chi connectivity index (χ0) is 19.1. The van der Waals surface area contributed by atoms with E-state index in [0.717, 1.165) is 61.1 Å². The normalized spacial score (nSPS) is 17.4. The number of hydrogen-bond donors (Lipinski definition) is 2. The Kier molecular flexibility index (Phi) is 4.50. The molecule has 0 aromatic carbocycles. The maximum Gasteiger partial charge on any atom is 0.259 e. The highest BCUT2D eigenvalue weighted by molar-refractivity contribution is 7.18. The molecular formula is C20H23N5O2S. The highest BCUT2D eigenvalue weighted by atomic mass is 32.1. The molecule has 1 amide bonds. The minimum atomic E-state index is -0.0489. The summed E-state index contributed by atoms with van der Waals surface area (Å²) in [6.07, 6.45) is 9.52. The summed E-state index contributed by atoms with van der Waals surface area (Å²) >= 11 is 1.64. The Morgan fingerprint density at radius 3 is 2.93 bits per heavy atom. The summed E-state index contributed by atoms with van der Waals surface area (Å²) in [5.74, 6) is 1.21. The van der Waals surface area contributed by atoms with Crippen molar-refractivity contribution >= 4 is 27.5 Å². The molecule has 28 heavy (non-hydrogen) atoms. The van der Waals surface area contributed by atoms with Gasteiger partial charge in [0.15, 0.2) is 0 Å². The van der Waals surface area contributed by atoms with E-state index in [-0.39, 0.29) is 11.5 Å². The topological polar surface area (TPSA) is 94.7 Å². The standard InChI is InChI=1S/C20H23N5O2S/c26-17(25-8-6-12(7-9-25)14-10-21-11-22-14)5-4-16-23-19(27)18-13-2-1-3-15(13)28-20(18)24-16/h10-12H,1-9H2,(H,21,22)(H,23,24,27). The lowest BCUT2D eigenvalue weighted by atomic mass is 9.94. The summed E-state index contributed by atoms with van der Waals surface area (Å²) in [6, 6.07) is 0. The second-order valence-corrected chi connectivity index (χ2v) is 8.80. The third-order valence-corrected chi connectivity index (χ3v) is 7.19. The number of carbonyl (C=O) groups excluding carboxylic acids is 1. The number of carbonyl (C=O) groups is 1. The Morgan fingerprint density at radius 1 is 1.29 bits per heavy atom. The van der Waals surface area contributed by atoms with Gasteiger partial charge in [-0.3, -0.25) is 9.59 Å². The Balaban J connectivity index is 1.22. The van der Waals surface area contributed by atoms with Gasteiger partial charge in [0.2, 0.25) is 5.91 Å². The first-order valence-corrected chi connectivity index (χ1v) is 10.8. The number of amides is 1. The van der Waals surface area contributed by atoms with Crippen LogP contribution in [0, 0.1) is 0 Å². The molecule has 3 aromatic rings. The van der Waals surface area contributed by atoms with E-state index in [9.17, 15) is 9.59 Å². The van der Waals surface area contributed by atoms with Crippen molar-refractivity contribution in [1.82, 2.24) is 24.8 Å². The fourth-order valence-electron chi connectivity index (χ4n) is 4.48.